The highest BCUT2D eigenvalue weighted by molar-refractivity contribution is 7.85. The minimum absolute atomic E-state index is 0.271. The van der Waals surface area contributed by atoms with Crippen LogP contribution in [0.4, 0.5) is 0 Å². The molecule has 4 rings (SSSR count). The van der Waals surface area contributed by atoms with Crippen molar-refractivity contribution in [3.8, 4) is 0 Å². The molecular weight excluding hydrogens is 280 g/mol. The molecule has 4 bridgehead atoms. The van der Waals surface area contributed by atoms with Crippen molar-refractivity contribution >= 4 is 16.1 Å². The summed E-state index contributed by atoms with van der Waals surface area (Å²) in [6.07, 6.45) is 5.09. The predicted molar refractivity (Wildman–Crippen MR) is 70.7 cm³/mol. The van der Waals surface area contributed by atoms with E-state index in [0.29, 0.717) is 23.7 Å². The summed E-state index contributed by atoms with van der Waals surface area (Å²) in [5.74, 6) is 1.64. The third-order valence-electron chi connectivity index (χ3n) is 5.74. The number of esters is 1. The zero-order chi connectivity index (χ0) is 14.5. The topological polar surface area (TPSA) is 83.5 Å². The lowest BCUT2D eigenvalue weighted by Crippen LogP contribution is -2.54. The first kappa shape index (κ1) is 14.3. The number of carbonyl (C=O) groups excluding carboxylic acids is 1. The molecule has 0 N–H and O–H groups in total. The van der Waals surface area contributed by atoms with Crippen molar-refractivity contribution in [3.05, 3.63) is 0 Å². The summed E-state index contributed by atoms with van der Waals surface area (Å²) in [7, 11) is -4.31. The van der Waals surface area contributed by atoms with Crippen LogP contribution in [-0.4, -0.2) is 31.3 Å². The van der Waals surface area contributed by atoms with Crippen LogP contribution in [0.3, 0.4) is 0 Å². The molecule has 0 radical (unpaired) electrons. The molecule has 4 fully saturated rings. The number of ether oxygens (including phenoxy) is 1. The lowest BCUT2D eigenvalue weighted by atomic mass is 9.46. The van der Waals surface area contributed by atoms with Gasteiger partial charge in [-0.1, -0.05) is 6.92 Å². The Morgan fingerprint density at radius 2 is 1.85 bits per heavy atom. The van der Waals surface area contributed by atoms with Gasteiger partial charge in [-0.15, -0.1) is 0 Å². The third-order valence-corrected chi connectivity index (χ3v) is 6.41. The Bertz CT molecular complexity index is 496. The molecule has 0 aromatic heterocycles. The van der Waals surface area contributed by atoms with E-state index in [9.17, 15) is 17.8 Å². The first-order valence-corrected chi connectivity index (χ1v) is 8.98. The van der Waals surface area contributed by atoms with Gasteiger partial charge in [0.2, 0.25) is 0 Å². The number of hydrogen-bond acceptors (Lipinski definition) is 5. The third kappa shape index (κ3) is 2.48. The van der Waals surface area contributed by atoms with Gasteiger partial charge in [0.15, 0.2) is 0 Å². The maximum atomic E-state index is 12.4. The molecule has 0 aromatic rings. The quantitative estimate of drug-likeness (QED) is 0.581. The molecule has 0 aromatic carbocycles. The average molecular weight is 301 g/mol. The molecule has 114 valence electrons. The smallest absolute Gasteiger partial charge is 0.312 e. The van der Waals surface area contributed by atoms with E-state index in [-0.39, 0.29) is 12.6 Å². The van der Waals surface area contributed by atoms with Crippen molar-refractivity contribution in [2.24, 2.45) is 29.1 Å². The van der Waals surface area contributed by atoms with Gasteiger partial charge in [-0.2, -0.15) is 0 Å². The van der Waals surface area contributed by atoms with Gasteiger partial charge in [0, 0.05) is 0 Å². The maximum Gasteiger partial charge on any atom is 0.312 e. The zero-order valence-corrected chi connectivity index (χ0v) is 12.5. The molecule has 5 nitrogen and oxygen atoms in total. The van der Waals surface area contributed by atoms with E-state index in [1.165, 1.54) is 12.8 Å². The minimum atomic E-state index is -4.31. The highest BCUT2D eigenvalue weighted by atomic mass is 32.2. The number of hydrogen-bond donors (Lipinski definition) is 0. The Labute approximate surface area is 119 Å². The Morgan fingerprint density at radius 3 is 2.40 bits per heavy atom. The van der Waals surface area contributed by atoms with E-state index in [0.717, 1.165) is 19.3 Å². The van der Waals surface area contributed by atoms with Crippen LogP contribution in [0.15, 0.2) is 0 Å². The summed E-state index contributed by atoms with van der Waals surface area (Å²) in [5.41, 5.74) is -0.393. The summed E-state index contributed by atoms with van der Waals surface area (Å²) < 4.78 is 36.8. The van der Waals surface area contributed by atoms with Crippen LogP contribution in [0.1, 0.15) is 39.0 Å². The number of rotatable bonds is 4. The van der Waals surface area contributed by atoms with Crippen LogP contribution < -0.4 is 0 Å². The highest BCUT2D eigenvalue weighted by Gasteiger charge is 2.57. The fourth-order valence-corrected chi connectivity index (χ4v) is 5.21. The fraction of sp³-hybridized carbons (Fsp3) is 0.929. The highest BCUT2D eigenvalue weighted by Crippen LogP contribution is 2.62. The van der Waals surface area contributed by atoms with Gasteiger partial charge in [-0.3, -0.25) is 4.79 Å². The first-order valence-electron chi connectivity index (χ1n) is 7.40. The zero-order valence-electron chi connectivity index (χ0n) is 11.7. The molecule has 6 heteroatoms. The lowest BCUT2D eigenvalue weighted by Gasteiger charge is -2.58. The molecule has 0 saturated heterocycles. The Morgan fingerprint density at radius 1 is 1.25 bits per heavy atom. The number of carbonyl (C=O) groups is 1. The first-order chi connectivity index (χ1) is 9.29. The lowest BCUT2D eigenvalue weighted by molar-refractivity contribution is -0.175. The van der Waals surface area contributed by atoms with E-state index in [1.807, 2.05) is 0 Å². The van der Waals surface area contributed by atoms with E-state index in [4.69, 9.17) is 4.74 Å². The van der Waals surface area contributed by atoms with E-state index < -0.39 is 21.3 Å². The predicted octanol–water partition coefficient (Wildman–Crippen LogP) is 1.54. The molecule has 4 aliphatic rings. The molecule has 0 heterocycles. The van der Waals surface area contributed by atoms with Crippen LogP contribution in [0.5, 0.6) is 0 Å². The second kappa shape index (κ2) is 4.70. The molecule has 0 amide bonds. The van der Waals surface area contributed by atoms with Gasteiger partial charge >= 0.3 is 5.97 Å². The Kier molecular flexibility index (Phi) is 3.36. The SMILES string of the molecule is CC1C2CC3CC1CC(C(=O)OCCS(=O)(=O)[O-])(C3)C2. The van der Waals surface area contributed by atoms with Gasteiger partial charge < -0.3 is 9.29 Å². The van der Waals surface area contributed by atoms with Crippen LogP contribution in [-0.2, 0) is 19.6 Å². The summed E-state index contributed by atoms with van der Waals surface area (Å²) in [6, 6.07) is 0. The van der Waals surface area contributed by atoms with Crippen molar-refractivity contribution in [2.75, 3.05) is 12.4 Å². The van der Waals surface area contributed by atoms with Gasteiger partial charge in [-0.25, -0.2) is 8.42 Å². The van der Waals surface area contributed by atoms with Crippen molar-refractivity contribution in [3.63, 3.8) is 0 Å². The van der Waals surface area contributed by atoms with Gasteiger partial charge in [0.1, 0.15) is 6.61 Å². The molecule has 2 unspecified atom stereocenters. The second-order valence-corrected chi connectivity index (χ2v) is 8.53. The summed E-state index contributed by atoms with van der Waals surface area (Å²) in [6.45, 7) is 1.98. The van der Waals surface area contributed by atoms with E-state index >= 15 is 0 Å². The average Bonchev–Trinajstić information content (AvgIpc) is 2.33. The van der Waals surface area contributed by atoms with Gasteiger partial charge in [0.25, 0.3) is 0 Å². The summed E-state index contributed by atoms with van der Waals surface area (Å²) >= 11 is 0. The van der Waals surface area contributed by atoms with Crippen LogP contribution in [0.25, 0.3) is 0 Å². The van der Waals surface area contributed by atoms with Crippen molar-refractivity contribution in [1.29, 1.82) is 0 Å². The largest absolute Gasteiger partial charge is 0.748 e. The normalized spacial score (nSPS) is 42.7. The Balaban J connectivity index is 1.66. The van der Waals surface area contributed by atoms with E-state index in [1.54, 1.807) is 0 Å². The monoisotopic (exact) mass is 301 g/mol. The van der Waals surface area contributed by atoms with Gasteiger partial charge in [0.05, 0.1) is 21.3 Å². The van der Waals surface area contributed by atoms with Crippen LogP contribution in [0.2, 0.25) is 0 Å². The van der Waals surface area contributed by atoms with Crippen molar-refractivity contribution < 1.29 is 22.5 Å². The molecule has 4 saturated carbocycles. The summed E-state index contributed by atoms with van der Waals surface area (Å²) in [5, 5.41) is 0. The van der Waals surface area contributed by atoms with Crippen molar-refractivity contribution in [2.45, 2.75) is 39.0 Å². The minimum Gasteiger partial charge on any atom is -0.748 e. The fourth-order valence-electron chi connectivity index (χ4n) is 4.92. The van der Waals surface area contributed by atoms with Gasteiger partial charge in [-0.05, 0) is 55.8 Å². The Hall–Kier alpha value is -0.620. The molecule has 2 atom stereocenters. The second-order valence-electron chi connectivity index (χ2n) is 7.01. The molecule has 0 aliphatic heterocycles. The molecule has 0 spiro atoms. The van der Waals surface area contributed by atoms with Crippen LogP contribution in [0, 0.1) is 29.1 Å². The molecular formula is C14H21O5S-. The standard InChI is InChI=1S/C14H22O5S/c1-9-11-4-10-5-12(9)8-14(6-10,7-11)13(15)19-2-3-20(16,17)18/h9-12H,2-8H2,1H3,(H,16,17,18)/p-1. The molecule has 4 aliphatic carbocycles. The summed E-state index contributed by atoms with van der Waals surface area (Å²) in [4.78, 5) is 12.4. The van der Waals surface area contributed by atoms with Crippen LogP contribution >= 0.6 is 0 Å². The maximum absolute atomic E-state index is 12.4. The van der Waals surface area contributed by atoms with E-state index in [2.05, 4.69) is 6.92 Å². The van der Waals surface area contributed by atoms with Crippen molar-refractivity contribution in [1.82, 2.24) is 0 Å². The molecule has 20 heavy (non-hydrogen) atoms.